The molecule has 1 aliphatic carbocycles. The number of aliphatic hydroxyl groups is 1. The fraction of sp³-hybridized carbons (Fsp3) is 0.462. The number of fused-ring (bicyclic) bond motifs is 1. The molecule has 3 N–H and O–H groups in total. The van der Waals surface area contributed by atoms with Crippen molar-refractivity contribution in [3.63, 3.8) is 0 Å². The van der Waals surface area contributed by atoms with Crippen LogP contribution in [0.1, 0.15) is 30.1 Å². The van der Waals surface area contributed by atoms with Gasteiger partial charge < -0.3 is 15.4 Å². The molecular formula is C13H17N3O. The third-order valence-electron chi connectivity index (χ3n) is 3.73. The lowest BCUT2D eigenvalue weighted by atomic mass is 9.82. The molecule has 0 unspecified atom stereocenters. The van der Waals surface area contributed by atoms with Crippen LogP contribution in [0.5, 0.6) is 0 Å². The van der Waals surface area contributed by atoms with Gasteiger partial charge in [-0.2, -0.15) is 0 Å². The smallest absolute Gasteiger partial charge is 0.112 e. The Bertz CT molecular complexity index is 555. The zero-order valence-corrected chi connectivity index (χ0v) is 9.93. The number of benzene rings is 1. The minimum absolute atomic E-state index is 0.145. The highest BCUT2D eigenvalue weighted by Gasteiger charge is 2.32. The molecular weight excluding hydrogens is 214 g/mol. The SMILES string of the molecule is Cn1c(C2CC(O)C2)nc2c(CN)cccc21. The molecule has 4 nitrogen and oxygen atoms in total. The molecule has 0 bridgehead atoms. The molecule has 0 saturated heterocycles. The second-order valence-corrected chi connectivity index (χ2v) is 4.84. The van der Waals surface area contributed by atoms with Crippen molar-refractivity contribution in [3.8, 4) is 0 Å². The van der Waals surface area contributed by atoms with Crippen LogP contribution < -0.4 is 5.73 Å². The summed E-state index contributed by atoms with van der Waals surface area (Å²) in [5.41, 5.74) is 8.96. The molecule has 1 aromatic carbocycles. The zero-order chi connectivity index (χ0) is 12.0. The molecule has 1 saturated carbocycles. The molecule has 0 aliphatic heterocycles. The lowest BCUT2D eigenvalue weighted by Gasteiger charge is -2.30. The van der Waals surface area contributed by atoms with Crippen LogP contribution in [0.4, 0.5) is 0 Å². The van der Waals surface area contributed by atoms with E-state index in [9.17, 15) is 5.11 Å². The fourth-order valence-electron chi connectivity index (χ4n) is 2.62. The summed E-state index contributed by atoms with van der Waals surface area (Å²) in [5, 5.41) is 9.39. The minimum atomic E-state index is -0.145. The predicted octanol–water partition coefficient (Wildman–Crippen LogP) is 1.27. The molecule has 90 valence electrons. The minimum Gasteiger partial charge on any atom is -0.393 e. The van der Waals surface area contributed by atoms with Gasteiger partial charge in [-0.15, -0.1) is 0 Å². The van der Waals surface area contributed by atoms with Gasteiger partial charge >= 0.3 is 0 Å². The second kappa shape index (κ2) is 3.82. The first-order valence-corrected chi connectivity index (χ1v) is 6.03. The van der Waals surface area contributed by atoms with E-state index in [0.29, 0.717) is 12.5 Å². The molecule has 2 aromatic rings. The Morgan fingerprint density at radius 1 is 1.47 bits per heavy atom. The molecule has 0 amide bonds. The molecule has 3 rings (SSSR count). The molecule has 4 heteroatoms. The number of aromatic nitrogens is 2. The number of hydrogen-bond acceptors (Lipinski definition) is 3. The summed E-state index contributed by atoms with van der Waals surface area (Å²) in [6.07, 6.45) is 1.51. The van der Waals surface area contributed by atoms with Crippen LogP contribution in [-0.4, -0.2) is 20.8 Å². The number of aliphatic hydroxyl groups excluding tert-OH is 1. The average molecular weight is 231 g/mol. The third kappa shape index (κ3) is 1.56. The lowest BCUT2D eigenvalue weighted by Crippen LogP contribution is -2.28. The zero-order valence-electron chi connectivity index (χ0n) is 9.93. The number of nitrogens with two attached hydrogens (primary N) is 1. The van der Waals surface area contributed by atoms with E-state index in [-0.39, 0.29) is 6.10 Å². The van der Waals surface area contributed by atoms with E-state index in [2.05, 4.69) is 10.6 Å². The molecule has 0 radical (unpaired) electrons. The molecule has 0 spiro atoms. The van der Waals surface area contributed by atoms with Crippen LogP contribution in [0, 0.1) is 0 Å². The third-order valence-corrected chi connectivity index (χ3v) is 3.73. The van der Waals surface area contributed by atoms with E-state index >= 15 is 0 Å². The summed E-state index contributed by atoms with van der Waals surface area (Å²) in [6.45, 7) is 0.515. The Morgan fingerprint density at radius 2 is 2.24 bits per heavy atom. The van der Waals surface area contributed by atoms with Gasteiger partial charge in [0.2, 0.25) is 0 Å². The first kappa shape index (κ1) is 10.7. The average Bonchev–Trinajstić information content (AvgIpc) is 2.63. The molecule has 17 heavy (non-hydrogen) atoms. The van der Waals surface area contributed by atoms with Gasteiger partial charge in [0.05, 0.1) is 17.1 Å². The van der Waals surface area contributed by atoms with Crippen molar-refractivity contribution in [3.05, 3.63) is 29.6 Å². The summed E-state index contributed by atoms with van der Waals surface area (Å²) in [5.74, 6) is 1.47. The largest absolute Gasteiger partial charge is 0.393 e. The van der Waals surface area contributed by atoms with Crippen molar-refractivity contribution in [2.24, 2.45) is 12.8 Å². The van der Waals surface area contributed by atoms with Gasteiger partial charge in [0.1, 0.15) is 5.82 Å². The molecule has 0 atom stereocenters. The Hall–Kier alpha value is -1.39. The number of rotatable bonds is 2. The van der Waals surface area contributed by atoms with Crippen molar-refractivity contribution in [1.29, 1.82) is 0 Å². The van der Waals surface area contributed by atoms with E-state index in [4.69, 9.17) is 10.7 Å². The van der Waals surface area contributed by atoms with E-state index in [1.165, 1.54) is 0 Å². The van der Waals surface area contributed by atoms with Crippen LogP contribution >= 0.6 is 0 Å². The Kier molecular flexibility index (Phi) is 2.42. The van der Waals surface area contributed by atoms with Crippen LogP contribution in [0.3, 0.4) is 0 Å². The maximum absolute atomic E-state index is 9.39. The summed E-state index contributed by atoms with van der Waals surface area (Å²) >= 11 is 0. The first-order valence-electron chi connectivity index (χ1n) is 6.03. The second-order valence-electron chi connectivity index (χ2n) is 4.84. The van der Waals surface area contributed by atoms with Gasteiger partial charge in [-0.3, -0.25) is 0 Å². The fourth-order valence-corrected chi connectivity index (χ4v) is 2.62. The van der Waals surface area contributed by atoms with Crippen molar-refractivity contribution in [1.82, 2.24) is 9.55 Å². The molecule has 1 aliphatic rings. The maximum Gasteiger partial charge on any atom is 0.112 e. The normalized spacial score (nSPS) is 23.9. The van der Waals surface area contributed by atoms with Gasteiger partial charge in [-0.05, 0) is 24.5 Å². The first-order chi connectivity index (χ1) is 8.20. The van der Waals surface area contributed by atoms with Gasteiger partial charge in [0.25, 0.3) is 0 Å². The number of aryl methyl sites for hydroxylation is 1. The van der Waals surface area contributed by atoms with E-state index in [0.717, 1.165) is 35.3 Å². The number of hydrogen-bond donors (Lipinski definition) is 2. The number of nitrogens with zero attached hydrogens (tertiary/aromatic N) is 2. The van der Waals surface area contributed by atoms with E-state index in [1.54, 1.807) is 0 Å². The van der Waals surface area contributed by atoms with Crippen LogP contribution in [0.25, 0.3) is 11.0 Å². The van der Waals surface area contributed by atoms with Gasteiger partial charge in [-0.25, -0.2) is 4.98 Å². The topological polar surface area (TPSA) is 64.1 Å². The van der Waals surface area contributed by atoms with Crippen molar-refractivity contribution in [2.75, 3.05) is 0 Å². The van der Waals surface area contributed by atoms with Crippen LogP contribution in [0.2, 0.25) is 0 Å². The van der Waals surface area contributed by atoms with Crippen molar-refractivity contribution >= 4 is 11.0 Å². The Labute approximate surface area is 100 Å². The monoisotopic (exact) mass is 231 g/mol. The number of imidazole rings is 1. The van der Waals surface area contributed by atoms with Crippen molar-refractivity contribution < 1.29 is 5.11 Å². The van der Waals surface area contributed by atoms with E-state index in [1.807, 2.05) is 19.2 Å². The molecule has 1 aromatic heterocycles. The van der Waals surface area contributed by atoms with Crippen molar-refractivity contribution in [2.45, 2.75) is 31.4 Å². The predicted molar refractivity (Wildman–Crippen MR) is 66.6 cm³/mol. The van der Waals surface area contributed by atoms with Crippen LogP contribution in [0.15, 0.2) is 18.2 Å². The standard InChI is InChI=1S/C13H17N3O/c1-16-11-4-2-3-8(7-14)12(11)15-13(16)9-5-10(17)6-9/h2-4,9-10,17H,5-7,14H2,1H3. The molecule has 1 heterocycles. The highest BCUT2D eigenvalue weighted by atomic mass is 16.3. The highest BCUT2D eigenvalue weighted by Crippen LogP contribution is 2.37. The Balaban J connectivity index is 2.11. The Morgan fingerprint density at radius 3 is 2.88 bits per heavy atom. The number of para-hydroxylation sites is 1. The van der Waals surface area contributed by atoms with Gasteiger partial charge in [-0.1, -0.05) is 12.1 Å². The highest BCUT2D eigenvalue weighted by molar-refractivity contribution is 5.79. The van der Waals surface area contributed by atoms with E-state index < -0.39 is 0 Å². The van der Waals surface area contributed by atoms with Gasteiger partial charge in [0, 0.05) is 19.5 Å². The molecule has 1 fully saturated rings. The quantitative estimate of drug-likeness (QED) is 0.818. The summed E-state index contributed by atoms with van der Waals surface area (Å²) in [6, 6.07) is 6.11. The van der Waals surface area contributed by atoms with Gasteiger partial charge in [0.15, 0.2) is 0 Å². The van der Waals surface area contributed by atoms with Crippen LogP contribution in [-0.2, 0) is 13.6 Å². The summed E-state index contributed by atoms with van der Waals surface area (Å²) in [4.78, 5) is 4.71. The lowest BCUT2D eigenvalue weighted by molar-refractivity contribution is 0.0709. The summed E-state index contributed by atoms with van der Waals surface area (Å²) < 4.78 is 2.13. The maximum atomic E-state index is 9.39. The summed E-state index contributed by atoms with van der Waals surface area (Å²) in [7, 11) is 2.04.